The topological polar surface area (TPSA) is 68.3 Å². The number of halogens is 1. The third-order valence-electron chi connectivity index (χ3n) is 5.99. The van der Waals surface area contributed by atoms with Crippen LogP contribution in [0.4, 0.5) is 5.69 Å². The minimum Gasteiger partial charge on any atom is -0.452 e. The number of carbonyl (C=O) groups excluding carboxylic acids is 2. The van der Waals surface area contributed by atoms with E-state index in [0.29, 0.717) is 27.7 Å². The zero-order valence-electron chi connectivity index (χ0n) is 19.5. The molecule has 0 saturated heterocycles. The Morgan fingerprint density at radius 1 is 0.882 bits per heavy atom. The number of amides is 1. The molecule has 0 radical (unpaired) electrons. The molecule has 0 atom stereocenters. The van der Waals surface area contributed by atoms with Crippen molar-refractivity contribution in [3.8, 4) is 11.3 Å². The maximum Gasteiger partial charge on any atom is 0.339 e. The Labute approximate surface area is 207 Å². The maximum absolute atomic E-state index is 13.2. The molecule has 5 nitrogen and oxygen atoms in total. The molecular formula is C28H25BrN2O3. The fraction of sp³-hybridized carbons (Fsp3) is 0.179. The number of rotatable bonds is 5. The molecule has 6 heteroatoms. The summed E-state index contributed by atoms with van der Waals surface area (Å²) in [5, 5.41) is 3.53. The van der Waals surface area contributed by atoms with Gasteiger partial charge in [0, 0.05) is 21.1 Å². The number of hydrogen-bond acceptors (Lipinski definition) is 4. The van der Waals surface area contributed by atoms with Gasteiger partial charge in [-0.1, -0.05) is 64.0 Å². The standard InChI is InChI=1S/C28H25BrN2O3/c1-16-9-11-20(12-10-16)27-19(4)26(21-7-5-6-8-24(21)31-27)28(33)34-15-25(32)30-23-14-13-22(29)17(2)18(23)3/h5-14H,15H2,1-4H3,(H,30,32). The second-order valence-electron chi connectivity index (χ2n) is 8.31. The molecule has 0 aliphatic rings. The predicted molar refractivity (Wildman–Crippen MR) is 139 cm³/mol. The van der Waals surface area contributed by atoms with E-state index >= 15 is 0 Å². The number of benzene rings is 3. The van der Waals surface area contributed by atoms with E-state index in [1.807, 2.05) is 88.4 Å². The summed E-state index contributed by atoms with van der Waals surface area (Å²) in [4.78, 5) is 30.6. The van der Waals surface area contributed by atoms with E-state index in [4.69, 9.17) is 9.72 Å². The first-order valence-corrected chi connectivity index (χ1v) is 11.7. The summed E-state index contributed by atoms with van der Waals surface area (Å²) in [7, 11) is 0. The van der Waals surface area contributed by atoms with E-state index in [2.05, 4.69) is 21.2 Å². The van der Waals surface area contributed by atoms with Crippen molar-refractivity contribution in [1.82, 2.24) is 4.98 Å². The molecule has 0 unspecified atom stereocenters. The van der Waals surface area contributed by atoms with Crippen LogP contribution in [-0.4, -0.2) is 23.5 Å². The quantitative estimate of drug-likeness (QED) is 0.300. The Kier molecular flexibility index (Phi) is 6.80. The van der Waals surface area contributed by atoms with Gasteiger partial charge in [0.2, 0.25) is 0 Å². The molecule has 0 aliphatic carbocycles. The van der Waals surface area contributed by atoms with Crippen molar-refractivity contribution in [3.63, 3.8) is 0 Å². The SMILES string of the molecule is Cc1ccc(-c2nc3ccccc3c(C(=O)OCC(=O)Nc3ccc(Br)c(C)c3C)c2C)cc1. The van der Waals surface area contributed by atoms with Crippen molar-refractivity contribution in [2.24, 2.45) is 0 Å². The number of ether oxygens (including phenoxy) is 1. The van der Waals surface area contributed by atoms with Crippen LogP contribution in [0.1, 0.15) is 32.6 Å². The van der Waals surface area contributed by atoms with Crippen LogP contribution in [-0.2, 0) is 9.53 Å². The van der Waals surface area contributed by atoms with Gasteiger partial charge in [0.25, 0.3) is 5.91 Å². The fourth-order valence-corrected chi connectivity index (χ4v) is 4.30. The summed E-state index contributed by atoms with van der Waals surface area (Å²) < 4.78 is 6.44. The molecule has 0 spiro atoms. The summed E-state index contributed by atoms with van der Waals surface area (Å²) in [5.74, 6) is -0.948. The van der Waals surface area contributed by atoms with Gasteiger partial charge in [-0.3, -0.25) is 4.79 Å². The van der Waals surface area contributed by atoms with Gasteiger partial charge in [0.05, 0.1) is 16.8 Å². The van der Waals surface area contributed by atoms with Crippen LogP contribution in [0.25, 0.3) is 22.2 Å². The summed E-state index contributed by atoms with van der Waals surface area (Å²) >= 11 is 3.49. The number of carbonyl (C=O) groups is 2. The number of nitrogens with one attached hydrogen (secondary N) is 1. The lowest BCUT2D eigenvalue weighted by Crippen LogP contribution is -2.22. The second kappa shape index (κ2) is 9.77. The lowest BCUT2D eigenvalue weighted by atomic mass is 9.97. The van der Waals surface area contributed by atoms with Gasteiger partial charge in [0.1, 0.15) is 0 Å². The first-order valence-electron chi connectivity index (χ1n) is 11.0. The zero-order valence-corrected chi connectivity index (χ0v) is 21.1. The average molecular weight is 517 g/mol. The number of fused-ring (bicyclic) bond motifs is 1. The van der Waals surface area contributed by atoms with E-state index in [1.165, 1.54) is 0 Å². The summed E-state index contributed by atoms with van der Waals surface area (Å²) in [6, 6.07) is 19.2. The van der Waals surface area contributed by atoms with Gasteiger partial charge in [-0.15, -0.1) is 0 Å². The molecule has 4 aromatic rings. The van der Waals surface area contributed by atoms with Crippen LogP contribution in [0.3, 0.4) is 0 Å². The van der Waals surface area contributed by atoms with E-state index < -0.39 is 11.9 Å². The highest BCUT2D eigenvalue weighted by atomic mass is 79.9. The van der Waals surface area contributed by atoms with Crippen LogP contribution in [0.15, 0.2) is 65.1 Å². The third-order valence-corrected chi connectivity index (χ3v) is 6.85. The van der Waals surface area contributed by atoms with Gasteiger partial charge in [-0.2, -0.15) is 0 Å². The molecule has 4 rings (SSSR count). The Bertz CT molecular complexity index is 1410. The number of nitrogens with zero attached hydrogens (tertiary/aromatic N) is 1. The Balaban J connectivity index is 1.61. The highest BCUT2D eigenvalue weighted by Crippen LogP contribution is 2.30. The monoisotopic (exact) mass is 516 g/mol. The Hall–Kier alpha value is -3.51. The first kappa shape index (κ1) is 23.6. The zero-order chi connectivity index (χ0) is 24.4. The van der Waals surface area contributed by atoms with Gasteiger partial charge in [-0.25, -0.2) is 9.78 Å². The molecular weight excluding hydrogens is 492 g/mol. The van der Waals surface area contributed by atoms with Crippen molar-refractivity contribution in [2.45, 2.75) is 27.7 Å². The largest absolute Gasteiger partial charge is 0.452 e. The summed E-state index contributed by atoms with van der Waals surface area (Å²) in [6.07, 6.45) is 0. The van der Waals surface area contributed by atoms with E-state index in [0.717, 1.165) is 32.4 Å². The lowest BCUT2D eigenvalue weighted by Gasteiger charge is -2.15. The molecule has 34 heavy (non-hydrogen) atoms. The second-order valence-corrected chi connectivity index (χ2v) is 9.17. The highest BCUT2D eigenvalue weighted by molar-refractivity contribution is 9.10. The van der Waals surface area contributed by atoms with Crippen LogP contribution < -0.4 is 5.32 Å². The minimum atomic E-state index is -0.552. The molecule has 1 heterocycles. The smallest absolute Gasteiger partial charge is 0.339 e. The fourth-order valence-electron chi connectivity index (χ4n) is 3.88. The molecule has 0 fully saturated rings. The van der Waals surface area contributed by atoms with Gasteiger partial charge in [0.15, 0.2) is 6.61 Å². The Morgan fingerprint density at radius 3 is 2.32 bits per heavy atom. The van der Waals surface area contributed by atoms with Crippen molar-refractivity contribution in [2.75, 3.05) is 11.9 Å². The van der Waals surface area contributed by atoms with E-state index in [1.54, 1.807) is 0 Å². The predicted octanol–water partition coefficient (Wildman–Crippen LogP) is 6.69. The summed E-state index contributed by atoms with van der Waals surface area (Å²) in [6.45, 7) is 7.40. The Morgan fingerprint density at radius 2 is 1.59 bits per heavy atom. The molecule has 0 bridgehead atoms. The molecule has 0 saturated carbocycles. The number of anilines is 1. The molecule has 172 valence electrons. The van der Waals surface area contributed by atoms with Crippen LogP contribution in [0.5, 0.6) is 0 Å². The van der Waals surface area contributed by atoms with Crippen molar-refractivity contribution >= 4 is 44.4 Å². The van der Waals surface area contributed by atoms with Crippen LogP contribution in [0.2, 0.25) is 0 Å². The maximum atomic E-state index is 13.2. The van der Waals surface area contributed by atoms with Crippen LogP contribution >= 0.6 is 15.9 Å². The third kappa shape index (κ3) is 4.73. The minimum absolute atomic E-state index is 0.386. The molecule has 1 aromatic heterocycles. The van der Waals surface area contributed by atoms with Crippen molar-refractivity contribution in [1.29, 1.82) is 0 Å². The average Bonchev–Trinajstić information content (AvgIpc) is 2.83. The molecule has 1 amide bonds. The lowest BCUT2D eigenvalue weighted by molar-refractivity contribution is -0.119. The highest BCUT2D eigenvalue weighted by Gasteiger charge is 2.21. The van der Waals surface area contributed by atoms with Gasteiger partial charge >= 0.3 is 5.97 Å². The van der Waals surface area contributed by atoms with E-state index in [-0.39, 0.29) is 6.61 Å². The molecule has 3 aromatic carbocycles. The number of esters is 1. The number of para-hydroxylation sites is 1. The number of aromatic nitrogens is 1. The number of pyridine rings is 1. The van der Waals surface area contributed by atoms with Gasteiger partial charge < -0.3 is 10.1 Å². The normalized spacial score (nSPS) is 10.9. The van der Waals surface area contributed by atoms with Crippen LogP contribution in [0, 0.1) is 27.7 Å². The van der Waals surface area contributed by atoms with Crippen molar-refractivity contribution in [3.05, 3.63) is 93.0 Å². The summed E-state index contributed by atoms with van der Waals surface area (Å²) in [5.41, 5.74) is 7.29. The van der Waals surface area contributed by atoms with Crippen molar-refractivity contribution < 1.29 is 14.3 Å². The molecule has 0 aliphatic heterocycles. The number of hydrogen-bond donors (Lipinski definition) is 1. The van der Waals surface area contributed by atoms with E-state index in [9.17, 15) is 9.59 Å². The molecule has 1 N–H and O–H groups in total. The number of aryl methyl sites for hydroxylation is 1. The first-order chi connectivity index (χ1) is 16.3. The van der Waals surface area contributed by atoms with Gasteiger partial charge in [-0.05, 0) is 62.6 Å².